The average Bonchev–Trinajstić information content (AvgIpc) is 3.38. The molecule has 2 saturated heterocycles. The summed E-state index contributed by atoms with van der Waals surface area (Å²) in [5, 5.41) is 4.96. The normalized spacial score (nSPS) is 18.7. The van der Waals surface area contributed by atoms with Crippen LogP contribution in [-0.4, -0.2) is 54.2 Å². The summed E-state index contributed by atoms with van der Waals surface area (Å²) in [5.74, 6) is 1.45. The Balaban J connectivity index is 1.61. The van der Waals surface area contributed by atoms with Crippen LogP contribution in [-0.2, 0) is 4.74 Å². The van der Waals surface area contributed by atoms with Crippen LogP contribution in [0.25, 0.3) is 5.69 Å². The zero-order valence-corrected chi connectivity index (χ0v) is 16.8. The molecule has 2 fully saturated rings. The minimum absolute atomic E-state index is 0.390. The molecule has 0 bridgehead atoms. The number of nitrogens with zero attached hydrogens (tertiary/aromatic N) is 5. The van der Waals surface area contributed by atoms with Crippen LogP contribution in [0.1, 0.15) is 51.1 Å². The molecule has 27 heavy (non-hydrogen) atoms. The minimum Gasteiger partial charge on any atom is -0.381 e. The molecule has 2 aliphatic heterocycles. The predicted molar refractivity (Wildman–Crippen MR) is 109 cm³/mol. The van der Waals surface area contributed by atoms with Crippen molar-refractivity contribution in [2.24, 2.45) is 0 Å². The maximum atomic E-state index is 5.53. The third-order valence-electron chi connectivity index (χ3n) is 5.81. The lowest BCUT2D eigenvalue weighted by molar-refractivity contribution is 0.0819. The van der Waals surface area contributed by atoms with Crippen molar-refractivity contribution in [1.82, 2.24) is 14.8 Å². The Bertz CT molecular complexity index is 758. The molecule has 0 saturated carbocycles. The van der Waals surface area contributed by atoms with Gasteiger partial charge in [0.1, 0.15) is 5.82 Å². The number of piperidine rings is 1. The molecule has 0 aliphatic carbocycles. The summed E-state index contributed by atoms with van der Waals surface area (Å²) in [5.41, 5.74) is 3.52. The number of anilines is 2. The van der Waals surface area contributed by atoms with Crippen molar-refractivity contribution in [2.45, 2.75) is 51.6 Å². The van der Waals surface area contributed by atoms with Crippen molar-refractivity contribution in [3.63, 3.8) is 0 Å². The lowest BCUT2D eigenvalue weighted by Crippen LogP contribution is -2.37. The highest BCUT2D eigenvalue weighted by molar-refractivity contribution is 5.54. The zero-order valence-electron chi connectivity index (χ0n) is 16.8. The van der Waals surface area contributed by atoms with Gasteiger partial charge in [0.2, 0.25) is 0 Å². The smallest absolute Gasteiger partial charge is 0.130 e. The molecule has 2 aliphatic rings. The zero-order chi connectivity index (χ0) is 18.8. The quantitative estimate of drug-likeness (QED) is 0.806. The molecule has 146 valence electrons. The van der Waals surface area contributed by atoms with Crippen LogP contribution in [0, 0.1) is 0 Å². The van der Waals surface area contributed by atoms with Gasteiger partial charge in [0.05, 0.1) is 29.4 Å². The first-order valence-corrected chi connectivity index (χ1v) is 10.2. The molecule has 0 radical (unpaired) electrons. The molecule has 2 aromatic heterocycles. The van der Waals surface area contributed by atoms with Crippen molar-refractivity contribution in [3.8, 4) is 5.69 Å². The van der Waals surface area contributed by atoms with Crippen LogP contribution in [0.4, 0.5) is 11.5 Å². The van der Waals surface area contributed by atoms with E-state index in [1.807, 2.05) is 18.0 Å². The van der Waals surface area contributed by atoms with E-state index in [4.69, 9.17) is 9.84 Å². The molecule has 0 N–H and O–H groups in total. The molecule has 0 amide bonds. The lowest BCUT2D eigenvalue weighted by Gasteiger charge is -2.32. The Kier molecular flexibility index (Phi) is 5.34. The fraction of sp³-hybridized carbons (Fsp3) is 0.619. The van der Waals surface area contributed by atoms with E-state index in [9.17, 15) is 0 Å². The summed E-state index contributed by atoms with van der Waals surface area (Å²) < 4.78 is 7.57. The van der Waals surface area contributed by atoms with E-state index in [1.54, 1.807) is 0 Å². The molecule has 4 heterocycles. The Labute approximate surface area is 162 Å². The summed E-state index contributed by atoms with van der Waals surface area (Å²) in [6.45, 7) is 8.71. The van der Waals surface area contributed by atoms with Gasteiger partial charge in [-0.1, -0.05) is 13.8 Å². The molecule has 0 atom stereocenters. The van der Waals surface area contributed by atoms with Crippen molar-refractivity contribution >= 4 is 11.5 Å². The van der Waals surface area contributed by atoms with Crippen molar-refractivity contribution < 1.29 is 4.74 Å². The van der Waals surface area contributed by atoms with Gasteiger partial charge in [0.15, 0.2) is 0 Å². The van der Waals surface area contributed by atoms with Gasteiger partial charge < -0.3 is 14.5 Å². The van der Waals surface area contributed by atoms with E-state index in [0.29, 0.717) is 12.0 Å². The first kappa shape index (κ1) is 18.3. The summed E-state index contributed by atoms with van der Waals surface area (Å²) in [4.78, 5) is 9.42. The monoisotopic (exact) mass is 369 g/mol. The third-order valence-corrected chi connectivity index (χ3v) is 5.81. The predicted octanol–water partition coefficient (Wildman–Crippen LogP) is 3.61. The highest BCUT2D eigenvalue weighted by Gasteiger charge is 2.24. The van der Waals surface area contributed by atoms with Crippen LogP contribution in [0.15, 0.2) is 24.5 Å². The lowest BCUT2D eigenvalue weighted by atomic mass is 10.0. The molecule has 0 spiro atoms. The van der Waals surface area contributed by atoms with Crippen LogP contribution < -0.4 is 9.80 Å². The molecule has 0 unspecified atom stereocenters. The van der Waals surface area contributed by atoms with Crippen LogP contribution in [0.2, 0.25) is 0 Å². The van der Waals surface area contributed by atoms with Crippen LogP contribution in [0.5, 0.6) is 0 Å². The number of aromatic nitrogens is 3. The van der Waals surface area contributed by atoms with Crippen molar-refractivity contribution in [3.05, 3.63) is 30.2 Å². The molecule has 6 heteroatoms. The van der Waals surface area contributed by atoms with Crippen molar-refractivity contribution in [2.75, 3.05) is 43.1 Å². The second kappa shape index (κ2) is 7.89. The van der Waals surface area contributed by atoms with E-state index in [0.717, 1.165) is 50.5 Å². The molecular weight excluding hydrogens is 338 g/mol. The standard InChI is InChI=1S/C21H31N5O/c1-16(2)21-19(24-12-7-18(27-3)8-13-24)15-26(23-21)17-6-9-22-20(14-17)25-10-4-5-11-25/h6,9,14-16,18H,4-5,7-8,10-13H2,1-3H3. The van der Waals surface area contributed by atoms with E-state index in [2.05, 4.69) is 47.0 Å². The van der Waals surface area contributed by atoms with E-state index >= 15 is 0 Å². The average molecular weight is 370 g/mol. The first-order valence-electron chi connectivity index (χ1n) is 10.2. The highest BCUT2D eigenvalue weighted by atomic mass is 16.5. The molecule has 6 nitrogen and oxygen atoms in total. The maximum absolute atomic E-state index is 5.53. The van der Waals surface area contributed by atoms with Gasteiger partial charge >= 0.3 is 0 Å². The maximum Gasteiger partial charge on any atom is 0.130 e. The van der Waals surface area contributed by atoms with Gasteiger partial charge in [-0.05, 0) is 37.7 Å². The molecule has 0 aromatic carbocycles. The number of pyridine rings is 1. The Morgan fingerprint density at radius 2 is 1.81 bits per heavy atom. The largest absolute Gasteiger partial charge is 0.381 e. The second-order valence-electron chi connectivity index (χ2n) is 7.99. The Morgan fingerprint density at radius 1 is 1.07 bits per heavy atom. The fourth-order valence-corrected chi connectivity index (χ4v) is 4.17. The number of hydrogen-bond acceptors (Lipinski definition) is 5. The number of methoxy groups -OCH3 is 1. The number of ether oxygens (including phenoxy) is 1. The Hall–Kier alpha value is -2.08. The molecule has 2 aromatic rings. The topological polar surface area (TPSA) is 46.4 Å². The van der Waals surface area contributed by atoms with E-state index in [-0.39, 0.29) is 0 Å². The molecular formula is C21H31N5O. The minimum atomic E-state index is 0.390. The van der Waals surface area contributed by atoms with Gasteiger partial charge in [-0.25, -0.2) is 9.67 Å². The summed E-state index contributed by atoms with van der Waals surface area (Å²) in [6.07, 6.45) is 9.16. The van der Waals surface area contributed by atoms with Gasteiger partial charge in [0, 0.05) is 45.6 Å². The van der Waals surface area contributed by atoms with Gasteiger partial charge in [0.25, 0.3) is 0 Å². The summed E-state index contributed by atoms with van der Waals surface area (Å²) in [6, 6.07) is 4.22. The fourth-order valence-electron chi connectivity index (χ4n) is 4.17. The number of hydrogen-bond donors (Lipinski definition) is 0. The van der Waals surface area contributed by atoms with Gasteiger partial charge in [-0.3, -0.25) is 0 Å². The highest BCUT2D eigenvalue weighted by Crippen LogP contribution is 2.31. The van der Waals surface area contributed by atoms with Crippen LogP contribution >= 0.6 is 0 Å². The van der Waals surface area contributed by atoms with Gasteiger partial charge in [-0.15, -0.1) is 0 Å². The van der Waals surface area contributed by atoms with Crippen LogP contribution in [0.3, 0.4) is 0 Å². The summed E-state index contributed by atoms with van der Waals surface area (Å²) >= 11 is 0. The van der Waals surface area contributed by atoms with Gasteiger partial charge in [-0.2, -0.15) is 5.10 Å². The van der Waals surface area contributed by atoms with E-state index < -0.39 is 0 Å². The van der Waals surface area contributed by atoms with Crippen molar-refractivity contribution in [1.29, 1.82) is 0 Å². The summed E-state index contributed by atoms with van der Waals surface area (Å²) in [7, 11) is 1.82. The van der Waals surface area contributed by atoms with E-state index in [1.165, 1.54) is 24.2 Å². The second-order valence-corrected chi connectivity index (χ2v) is 7.99. The number of rotatable bonds is 5. The molecule has 4 rings (SSSR count). The first-order chi connectivity index (χ1) is 13.2. The Morgan fingerprint density at radius 3 is 2.48 bits per heavy atom. The third kappa shape index (κ3) is 3.81. The SMILES string of the molecule is COC1CCN(c2cn(-c3ccnc(N4CCCC4)c3)nc2C(C)C)CC1.